The third-order valence-electron chi connectivity index (χ3n) is 6.29. The Balaban J connectivity index is 1.82. The Bertz CT molecular complexity index is 1260. The Morgan fingerprint density at radius 2 is 1.50 bits per heavy atom. The van der Waals surface area contributed by atoms with Crippen molar-refractivity contribution in [1.29, 1.82) is 0 Å². The van der Waals surface area contributed by atoms with E-state index < -0.39 is 0 Å². The number of nitrogens with zero attached hydrogens (tertiary/aromatic N) is 3. The number of amides is 2. The van der Waals surface area contributed by atoms with Crippen LogP contribution in [0.3, 0.4) is 0 Å². The van der Waals surface area contributed by atoms with Gasteiger partial charge in [-0.1, -0.05) is 29.8 Å². The van der Waals surface area contributed by atoms with Crippen molar-refractivity contribution in [3.8, 4) is 0 Å². The fourth-order valence-electron chi connectivity index (χ4n) is 4.70. The summed E-state index contributed by atoms with van der Waals surface area (Å²) < 4.78 is 0. The summed E-state index contributed by atoms with van der Waals surface area (Å²) in [6, 6.07) is 15.8. The molecule has 0 spiro atoms. The minimum Gasteiger partial charge on any atom is -0.366 e. The largest absolute Gasteiger partial charge is 0.366 e. The first-order chi connectivity index (χ1) is 16.3. The molecule has 2 amide bonds. The molecule has 1 aliphatic rings. The van der Waals surface area contributed by atoms with E-state index in [1.54, 1.807) is 12.4 Å². The van der Waals surface area contributed by atoms with Gasteiger partial charge in [0.15, 0.2) is 0 Å². The van der Waals surface area contributed by atoms with Gasteiger partial charge in [0.05, 0.1) is 11.3 Å². The highest BCUT2D eigenvalue weighted by molar-refractivity contribution is 6.45. The topological polar surface area (TPSA) is 53.5 Å². The van der Waals surface area contributed by atoms with E-state index in [-0.39, 0.29) is 11.8 Å². The van der Waals surface area contributed by atoms with E-state index in [0.29, 0.717) is 30.0 Å². The molecule has 0 aliphatic carbocycles. The summed E-state index contributed by atoms with van der Waals surface area (Å²) in [5, 5.41) is 0. The van der Waals surface area contributed by atoms with Gasteiger partial charge in [-0.25, -0.2) is 4.90 Å². The molecule has 1 aromatic heterocycles. The average Bonchev–Trinajstić information content (AvgIpc) is 3.04. The second-order valence-corrected chi connectivity index (χ2v) is 9.02. The van der Waals surface area contributed by atoms with Crippen LogP contribution in [-0.2, 0) is 16.0 Å². The molecule has 0 N–H and O–H groups in total. The Labute approximate surface area is 201 Å². The van der Waals surface area contributed by atoms with Crippen LogP contribution >= 0.6 is 0 Å². The van der Waals surface area contributed by atoms with Crippen LogP contribution in [0.15, 0.2) is 66.6 Å². The average molecular weight is 454 g/mol. The lowest BCUT2D eigenvalue weighted by atomic mass is 9.97. The number of carbonyl (C=O) groups is 2. The zero-order chi connectivity index (χ0) is 24.4. The van der Waals surface area contributed by atoms with Crippen molar-refractivity contribution in [2.45, 2.75) is 41.0 Å². The van der Waals surface area contributed by atoms with Crippen LogP contribution in [0.4, 0.5) is 5.69 Å². The zero-order valence-electron chi connectivity index (χ0n) is 20.6. The fraction of sp³-hybridized carbons (Fsp3) is 0.276. The van der Waals surface area contributed by atoms with Gasteiger partial charge in [-0.05, 0) is 93.1 Å². The van der Waals surface area contributed by atoms with E-state index in [4.69, 9.17) is 0 Å². The summed E-state index contributed by atoms with van der Waals surface area (Å²) in [6.07, 6.45) is 4.31. The Morgan fingerprint density at radius 1 is 0.824 bits per heavy atom. The van der Waals surface area contributed by atoms with E-state index in [1.807, 2.05) is 82.0 Å². The highest BCUT2D eigenvalue weighted by Gasteiger charge is 2.42. The summed E-state index contributed by atoms with van der Waals surface area (Å²) in [5.41, 5.74) is 7.68. The number of anilines is 1. The normalized spacial score (nSPS) is 13.7. The number of likely N-dealkylation sites (N-methyl/N-ethyl adjacent to an activating group) is 1. The number of aromatic nitrogens is 1. The van der Waals surface area contributed by atoms with Gasteiger partial charge in [-0.2, -0.15) is 0 Å². The second-order valence-electron chi connectivity index (χ2n) is 9.02. The van der Waals surface area contributed by atoms with Crippen molar-refractivity contribution in [3.05, 3.63) is 100 Å². The first-order valence-electron chi connectivity index (χ1n) is 11.7. The van der Waals surface area contributed by atoms with E-state index >= 15 is 0 Å². The second kappa shape index (κ2) is 9.64. The Hall–Kier alpha value is -3.73. The maximum absolute atomic E-state index is 13.9. The lowest BCUT2D eigenvalue weighted by molar-refractivity contribution is -0.120. The van der Waals surface area contributed by atoms with Crippen LogP contribution < -0.4 is 4.90 Å². The van der Waals surface area contributed by atoms with Gasteiger partial charge in [0.25, 0.3) is 11.8 Å². The Morgan fingerprint density at radius 3 is 2.12 bits per heavy atom. The summed E-state index contributed by atoms with van der Waals surface area (Å²) in [7, 11) is 0. The number of hydrogen-bond donors (Lipinski definition) is 0. The molecule has 2 aromatic carbocycles. The third-order valence-corrected chi connectivity index (χ3v) is 6.29. The third kappa shape index (κ3) is 4.51. The molecule has 0 radical (unpaired) electrons. The number of hydrogen-bond acceptors (Lipinski definition) is 4. The van der Waals surface area contributed by atoms with Crippen LogP contribution in [0.1, 0.15) is 40.3 Å². The van der Waals surface area contributed by atoms with Crippen LogP contribution in [0, 0.1) is 27.7 Å². The minimum absolute atomic E-state index is 0.262. The molecule has 0 saturated heterocycles. The predicted octanol–water partition coefficient (Wildman–Crippen LogP) is 5.16. The lowest BCUT2D eigenvalue weighted by Crippen LogP contribution is -2.36. The first kappa shape index (κ1) is 23.4. The molecule has 0 saturated carbocycles. The Kier molecular flexibility index (Phi) is 6.64. The number of aryl methyl sites for hydroxylation is 4. The SMILES string of the molecule is CCN(CCc1ccncc1)C1=C(c2ccc(C)cc2C)C(=O)N(c2cc(C)cc(C)c2)C1=O. The first-order valence-corrected chi connectivity index (χ1v) is 11.7. The van der Waals surface area contributed by atoms with Crippen molar-refractivity contribution >= 4 is 23.1 Å². The number of carbonyl (C=O) groups excluding carboxylic acids is 2. The lowest BCUT2D eigenvalue weighted by Gasteiger charge is -2.25. The van der Waals surface area contributed by atoms with Gasteiger partial charge in [0, 0.05) is 25.5 Å². The molecule has 5 nitrogen and oxygen atoms in total. The maximum Gasteiger partial charge on any atom is 0.282 e. The maximum atomic E-state index is 13.9. The summed E-state index contributed by atoms with van der Waals surface area (Å²) in [5.74, 6) is -0.527. The van der Waals surface area contributed by atoms with Gasteiger partial charge in [-0.15, -0.1) is 0 Å². The number of rotatable bonds is 7. The smallest absolute Gasteiger partial charge is 0.282 e. The molecule has 0 fully saturated rings. The van der Waals surface area contributed by atoms with E-state index in [0.717, 1.165) is 39.8 Å². The van der Waals surface area contributed by atoms with Crippen LogP contribution in [0.2, 0.25) is 0 Å². The molecule has 5 heteroatoms. The molecule has 174 valence electrons. The highest BCUT2D eigenvalue weighted by Crippen LogP contribution is 2.36. The van der Waals surface area contributed by atoms with Gasteiger partial charge < -0.3 is 4.90 Å². The molecule has 4 rings (SSSR count). The fourth-order valence-corrected chi connectivity index (χ4v) is 4.70. The van der Waals surface area contributed by atoms with E-state index in [1.165, 1.54) is 4.90 Å². The molecule has 0 unspecified atom stereocenters. The van der Waals surface area contributed by atoms with Gasteiger partial charge in [-0.3, -0.25) is 14.6 Å². The van der Waals surface area contributed by atoms with Crippen molar-refractivity contribution in [2.24, 2.45) is 0 Å². The van der Waals surface area contributed by atoms with Gasteiger partial charge >= 0.3 is 0 Å². The molecule has 3 aromatic rings. The minimum atomic E-state index is -0.265. The predicted molar refractivity (Wildman–Crippen MR) is 136 cm³/mol. The van der Waals surface area contributed by atoms with Gasteiger partial charge in [0.2, 0.25) is 0 Å². The number of pyridine rings is 1. The van der Waals surface area contributed by atoms with Crippen molar-refractivity contribution in [1.82, 2.24) is 9.88 Å². The monoisotopic (exact) mass is 453 g/mol. The molecule has 0 bridgehead atoms. The molecular formula is C29H31N3O2. The standard InChI is InChI=1S/C29H31N3O2/c1-6-31(14-11-23-9-12-30-13-10-23)27-26(25-8-7-19(2)16-22(25)5)28(33)32(29(27)34)24-17-20(3)15-21(4)18-24/h7-10,12-13,15-18H,6,11,14H2,1-5H3. The molecule has 1 aliphatic heterocycles. The van der Waals surface area contributed by atoms with E-state index in [2.05, 4.69) is 11.1 Å². The molecule has 2 heterocycles. The van der Waals surface area contributed by atoms with Gasteiger partial charge in [0.1, 0.15) is 5.70 Å². The molecule has 0 atom stereocenters. The van der Waals surface area contributed by atoms with Crippen molar-refractivity contribution in [3.63, 3.8) is 0 Å². The highest BCUT2D eigenvalue weighted by atomic mass is 16.2. The van der Waals surface area contributed by atoms with E-state index in [9.17, 15) is 9.59 Å². The number of benzene rings is 2. The van der Waals surface area contributed by atoms with Crippen LogP contribution in [-0.4, -0.2) is 34.8 Å². The summed E-state index contributed by atoms with van der Waals surface area (Å²) >= 11 is 0. The summed E-state index contributed by atoms with van der Waals surface area (Å²) in [6.45, 7) is 11.3. The van der Waals surface area contributed by atoms with Crippen LogP contribution in [0.5, 0.6) is 0 Å². The molecular weight excluding hydrogens is 422 g/mol. The molecule has 34 heavy (non-hydrogen) atoms. The number of imide groups is 1. The van der Waals surface area contributed by atoms with Crippen molar-refractivity contribution < 1.29 is 9.59 Å². The van der Waals surface area contributed by atoms with Crippen molar-refractivity contribution in [2.75, 3.05) is 18.0 Å². The zero-order valence-corrected chi connectivity index (χ0v) is 20.6. The quantitative estimate of drug-likeness (QED) is 0.464. The van der Waals surface area contributed by atoms with Crippen LogP contribution in [0.25, 0.3) is 5.57 Å². The summed E-state index contributed by atoms with van der Waals surface area (Å²) in [4.78, 5) is 35.3.